The molecule has 156 valence electrons. The van der Waals surface area contributed by atoms with Crippen LogP contribution in [0.5, 0.6) is 0 Å². The van der Waals surface area contributed by atoms with Crippen molar-refractivity contribution >= 4 is 12.0 Å². The van der Waals surface area contributed by atoms with E-state index >= 15 is 0 Å². The molecule has 0 saturated carbocycles. The summed E-state index contributed by atoms with van der Waals surface area (Å²) in [4.78, 5) is 26.2. The first kappa shape index (κ1) is 22.0. The lowest BCUT2D eigenvalue weighted by Crippen LogP contribution is -2.46. The largest absolute Gasteiger partial charge is 0.444 e. The van der Waals surface area contributed by atoms with Crippen LogP contribution >= 0.6 is 0 Å². The molecular formula is C19H25F3N2O4. The molecule has 0 unspecified atom stereocenters. The SMILES string of the molecule is CC(C)(C)OC(=O)N[C@@H](CC(=O)N1CCOCC1)Cc1cc(F)c(F)cc1F. The average Bonchev–Trinajstić information content (AvgIpc) is 2.58. The Balaban J connectivity index is 2.14. The van der Waals surface area contributed by atoms with Crippen molar-refractivity contribution in [2.24, 2.45) is 0 Å². The minimum Gasteiger partial charge on any atom is -0.444 e. The fourth-order valence-corrected chi connectivity index (χ4v) is 2.79. The zero-order chi connectivity index (χ0) is 20.9. The Morgan fingerprint density at radius 1 is 1.14 bits per heavy atom. The molecule has 1 aliphatic heterocycles. The first-order chi connectivity index (χ1) is 13.0. The van der Waals surface area contributed by atoms with Crippen molar-refractivity contribution < 1.29 is 32.2 Å². The third-order valence-corrected chi connectivity index (χ3v) is 4.06. The summed E-state index contributed by atoms with van der Waals surface area (Å²) in [6, 6.07) is 0.316. The van der Waals surface area contributed by atoms with Crippen LogP contribution in [0, 0.1) is 17.5 Å². The van der Waals surface area contributed by atoms with Crippen molar-refractivity contribution in [3.05, 3.63) is 35.1 Å². The number of alkyl carbamates (subject to hydrolysis) is 1. The molecule has 2 rings (SSSR count). The summed E-state index contributed by atoms with van der Waals surface area (Å²) < 4.78 is 51.1. The van der Waals surface area contributed by atoms with Crippen LogP contribution in [-0.4, -0.2) is 54.8 Å². The maximum atomic E-state index is 14.0. The highest BCUT2D eigenvalue weighted by Crippen LogP contribution is 2.17. The van der Waals surface area contributed by atoms with E-state index in [9.17, 15) is 22.8 Å². The molecule has 1 heterocycles. The van der Waals surface area contributed by atoms with Gasteiger partial charge in [0.25, 0.3) is 0 Å². The fraction of sp³-hybridized carbons (Fsp3) is 0.579. The molecule has 6 nitrogen and oxygen atoms in total. The Kier molecular flexibility index (Phi) is 7.29. The predicted octanol–water partition coefficient (Wildman–Crippen LogP) is 2.79. The molecular weight excluding hydrogens is 377 g/mol. The average molecular weight is 402 g/mol. The van der Waals surface area contributed by atoms with Gasteiger partial charge in [-0.25, -0.2) is 18.0 Å². The zero-order valence-corrected chi connectivity index (χ0v) is 16.2. The highest BCUT2D eigenvalue weighted by Gasteiger charge is 2.26. The van der Waals surface area contributed by atoms with Crippen molar-refractivity contribution in [3.8, 4) is 0 Å². The maximum Gasteiger partial charge on any atom is 0.407 e. The van der Waals surface area contributed by atoms with E-state index in [1.54, 1.807) is 25.7 Å². The second-order valence-electron chi connectivity index (χ2n) is 7.60. The lowest BCUT2D eigenvalue weighted by molar-refractivity contribution is -0.135. The van der Waals surface area contributed by atoms with Gasteiger partial charge in [0.1, 0.15) is 11.4 Å². The minimum atomic E-state index is -1.30. The van der Waals surface area contributed by atoms with Crippen LogP contribution in [0.3, 0.4) is 0 Å². The summed E-state index contributed by atoms with van der Waals surface area (Å²) in [5, 5.41) is 2.53. The van der Waals surface area contributed by atoms with Gasteiger partial charge in [-0.2, -0.15) is 0 Å². The number of ether oxygens (including phenoxy) is 2. The van der Waals surface area contributed by atoms with Gasteiger partial charge in [-0.1, -0.05) is 0 Å². The molecule has 1 aromatic carbocycles. The smallest absolute Gasteiger partial charge is 0.407 e. The van der Waals surface area contributed by atoms with E-state index in [1.165, 1.54) is 0 Å². The molecule has 0 aromatic heterocycles. The number of carbonyl (C=O) groups is 2. The molecule has 1 aromatic rings. The molecule has 0 radical (unpaired) electrons. The van der Waals surface area contributed by atoms with Crippen LogP contribution in [0.2, 0.25) is 0 Å². The number of amides is 2. The number of hydrogen-bond acceptors (Lipinski definition) is 4. The van der Waals surface area contributed by atoms with Crippen LogP contribution in [0.15, 0.2) is 12.1 Å². The topological polar surface area (TPSA) is 67.9 Å². The molecule has 2 amide bonds. The second-order valence-corrected chi connectivity index (χ2v) is 7.60. The summed E-state index contributed by atoms with van der Waals surface area (Å²) in [7, 11) is 0. The number of morpholine rings is 1. The third kappa shape index (κ3) is 6.70. The fourth-order valence-electron chi connectivity index (χ4n) is 2.79. The quantitative estimate of drug-likeness (QED) is 0.769. The summed E-state index contributed by atoms with van der Waals surface area (Å²) in [5.74, 6) is -3.71. The minimum absolute atomic E-state index is 0.141. The highest BCUT2D eigenvalue weighted by atomic mass is 19.2. The van der Waals surface area contributed by atoms with Crippen LogP contribution in [0.1, 0.15) is 32.8 Å². The van der Waals surface area contributed by atoms with E-state index in [1.807, 2.05) is 0 Å². The molecule has 1 fully saturated rings. The molecule has 0 aliphatic carbocycles. The van der Waals surface area contributed by atoms with Crippen molar-refractivity contribution in [1.29, 1.82) is 0 Å². The Labute approximate surface area is 162 Å². The molecule has 1 atom stereocenters. The van der Waals surface area contributed by atoms with Crippen LogP contribution in [-0.2, 0) is 20.7 Å². The molecule has 9 heteroatoms. The van der Waals surface area contributed by atoms with E-state index < -0.39 is 35.2 Å². The van der Waals surface area contributed by atoms with Gasteiger partial charge in [-0.05, 0) is 38.8 Å². The van der Waals surface area contributed by atoms with Gasteiger partial charge >= 0.3 is 6.09 Å². The normalized spacial score (nSPS) is 15.9. The highest BCUT2D eigenvalue weighted by molar-refractivity contribution is 5.78. The van der Waals surface area contributed by atoms with E-state index in [0.717, 1.165) is 6.07 Å². The number of halogens is 3. The Morgan fingerprint density at radius 2 is 1.75 bits per heavy atom. The van der Waals surface area contributed by atoms with Crippen molar-refractivity contribution in [3.63, 3.8) is 0 Å². The van der Waals surface area contributed by atoms with Crippen LogP contribution < -0.4 is 5.32 Å². The van der Waals surface area contributed by atoms with Crippen LogP contribution in [0.25, 0.3) is 0 Å². The van der Waals surface area contributed by atoms with Crippen molar-refractivity contribution in [2.45, 2.75) is 45.3 Å². The molecule has 1 aliphatic rings. The van der Waals surface area contributed by atoms with Crippen molar-refractivity contribution in [1.82, 2.24) is 10.2 Å². The van der Waals surface area contributed by atoms with Gasteiger partial charge in [-0.3, -0.25) is 4.79 Å². The molecule has 0 bridgehead atoms. The number of carbonyl (C=O) groups excluding carboxylic acids is 2. The lowest BCUT2D eigenvalue weighted by atomic mass is 10.0. The lowest BCUT2D eigenvalue weighted by Gasteiger charge is -2.29. The van der Waals surface area contributed by atoms with Gasteiger partial charge in [0.15, 0.2) is 11.6 Å². The maximum absolute atomic E-state index is 14.0. The van der Waals surface area contributed by atoms with Gasteiger partial charge in [-0.15, -0.1) is 0 Å². The molecule has 1 saturated heterocycles. The Bertz CT molecular complexity index is 716. The summed E-state index contributed by atoms with van der Waals surface area (Å²) in [6.07, 6.45) is -1.12. The summed E-state index contributed by atoms with van der Waals surface area (Å²) in [6.45, 7) is 6.68. The number of hydrogen-bond donors (Lipinski definition) is 1. The Hall–Kier alpha value is -2.29. The van der Waals surface area contributed by atoms with Gasteiger partial charge < -0.3 is 19.7 Å². The number of nitrogens with one attached hydrogen (secondary N) is 1. The second kappa shape index (κ2) is 9.27. The monoisotopic (exact) mass is 402 g/mol. The van der Waals surface area contributed by atoms with Gasteiger partial charge in [0.2, 0.25) is 5.91 Å². The predicted molar refractivity (Wildman–Crippen MR) is 95.2 cm³/mol. The first-order valence-corrected chi connectivity index (χ1v) is 9.03. The van der Waals surface area contributed by atoms with E-state index in [2.05, 4.69) is 5.32 Å². The molecule has 28 heavy (non-hydrogen) atoms. The van der Waals surface area contributed by atoms with Gasteiger partial charge in [0, 0.05) is 31.6 Å². The number of rotatable bonds is 5. The zero-order valence-electron chi connectivity index (χ0n) is 16.2. The number of benzene rings is 1. The summed E-state index contributed by atoms with van der Waals surface area (Å²) in [5.41, 5.74) is -0.912. The standard InChI is InChI=1S/C19H25F3N2O4/c1-19(2,3)28-18(26)23-13(10-17(25)24-4-6-27-7-5-24)8-12-9-15(21)16(22)11-14(12)20/h9,11,13H,4-8,10H2,1-3H3,(H,23,26)/t13-/m1/s1. The van der Waals surface area contributed by atoms with E-state index in [4.69, 9.17) is 9.47 Å². The molecule has 0 spiro atoms. The van der Waals surface area contributed by atoms with E-state index in [-0.39, 0.29) is 24.3 Å². The summed E-state index contributed by atoms with van der Waals surface area (Å²) >= 11 is 0. The van der Waals surface area contributed by atoms with Crippen LogP contribution in [0.4, 0.5) is 18.0 Å². The van der Waals surface area contributed by atoms with Crippen molar-refractivity contribution in [2.75, 3.05) is 26.3 Å². The Morgan fingerprint density at radius 3 is 2.36 bits per heavy atom. The number of nitrogens with zero attached hydrogens (tertiary/aromatic N) is 1. The van der Waals surface area contributed by atoms with E-state index in [0.29, 0.717) is 32.4 Å². The first-order valence-electron chi connectivity index (χ1n) is 9.03. The molecule has 1 N–H and O–H groups in total. The third-order valence-electron chi connectivity index (χ3n) is 4.06. The van der Waals surface area contributed by atoms with Gasteiger partial charge in [0.05, 0.1) is 13.2 Å².